The van der Waals surface area contributed by atoms with Crippen LogP contribution in [0.5, 0.6) is 0 Å². The number of nitrogens with two attached hydrogens (primary N) is 1. The van der Waals surface area contributed by atoms with E-state index in [0.717, 1.165) is 19.4 Å². The molecule has 3 N–H and O–H groups in total. The molecule has 2 heterocycles. The summed E-state index contributed by atoms with van der Waals surface area (Å²) in [6.45, 7) is 0.860. The van der Waals surface area contributed by atoms with Crippen LogP contribution in [0.3, 0.4) is 0 Å². The second-order valence-corrected chi connectivity index (χ2v) is 5.82. The highest BCUT2D eigenvalue weighted by molar-refractivity contribution is 5.99. The molecule has 0 bridgehead atoms. The fourth-order valence-corrected chi connectivity index (χ4v) is 3.72. The number of likely N-dealkylation sites (tertiary alicyclic amines) is 1. The smallest absolute Gasteiger partial charge is 0.257 e. The number of amides is 1. The lowest BCUT2D eigenvalue weighted by Crippen LogP contribution is -2.49. The number of hydrazine groups is 1. The molecular formula is C15H22N4O. The zero-order valence-electron chi connectivity index (χ0n) is 11.7. The lowest BCUT2D eigenvalue weighted by molar-refractivity contribution is 0.0391. The first kappa shape index (κ1) is 13.4. The van der Waals surface area contributed by atoms with Crippen LogP contribution in [0.25, 0.3) is 0 Å². The summed E-state index contributed by atoms with van der Waals surface area (Å²) in [6, 6.07) is 2.16. The van der Waals surface area contributed by atoms with E-state index in [0.29, 0.717) is 23.2 Å². The van der Waals surface area contributed by atoms with Gasteiger partial charge < -0.3 is 10.3 Å². The van der Waals surface area contributed by atoms with Gasteiger partial charge in [0.15, 0.2) is 0 Å². The molecule has 1 aliphatic heterocycles. The van der Waals surface area contributed by atoms with Gasteiger partial charge in [0, 0.05) is 25.0 Å². The van der Waals surface area contributed by atoms with Crippen LogP contribution in [-0.4, -0.2) is 28.4 Å². The highest BCUT2D eigenvalue weighted by Crippen LogP contribution is 2.36. The number of carbonyl (C=O) groups excluding carboxylic acids is 1. The molecule has 108 valence electrons. The van der Waals surface area contributed by atoms with Crippen LogP contribution in [0.4, 0.5) is 5.69 Å². The molecule has 5 heteroatoms. The molecule has 2 atom stereocenters. The van der Waals surface area contributed by atoms with Crippen molar-refractivity contribution in [2.24, 2.45) is 11.8 Å². The predicted molar refractivity (Wildman–Crippen MR) is 78.1 cm³/mol. The van der Waals surface area contributed by atoms with Gasteiger partial charge in [-0.2, -0.15) is 0 Å². The van der Waals surface area contributed by atoms with Gasteiger partial charge in [-0.15, -0.1) is 0 Å². The lowest BCUT2D eigenvalue weighted by Gasteiger charge is -2.44. The first-order chi connectivity index (χ1) is 9.81. The maximum absolute atomic E-state index is 12.8. The van der Waals surface area contributed by atoms with E-state index in [2.05, 4.69) is 15.3 Å². The maximum atomic E-state index is 12.8. The summed E-state index contributed by atoms with van der Waals surface area (Å²) in [6.07, 6.45) is 10.6. The summed E-state index contributed by atoms with van der Waals surface area (Å²) in [5, 5.41) is 0. The minimum absolute atomic E-state index is 0.0719. The Labute approximate surface area is 119 Å². The molecule has 0 radical (unpaired) electrons. The van der Waals surface area contributed by atoms with Gasteiger partial charge in [0.05, 0.1) is 11.3 Å². The van der Waals surface area contributed by atoms with E-state index in [9.17, 15) is 4.79 Å². The molecular weight excluding hydrogens is 252 g/mol. The number of aromatic nitrogens is 1. The van der Waals surface area contributed by atoms with Crippen molar-refractivity contribution >= 4 is 11.6 Å². The second kappa shape index (κ2) is 5.79. The Kier molecular flexibility index (Phi) is 3.87. The third kappa shape index (κ3) is 2.38. The third-order valence-electron chi connectivity index (χ3n) is 4.71. The Morgan fingerprint density at radius 1 is 1.30 bits per heavy atom. The molecule has 0 spiro atoms. The SMILES string of the molecule is NNc1ccncc1C(=O)N1CCCC2CCCCC21. The molecule has 5 nitrogen and oxygen atoms in total. The molecule has 1 saturated heterocycles. The van der Waals surface area contributed by atoms with Crippen LogP contribution in [-0.2, 0) is 0 Å². The Hall–Kier alpha value is -1.62. The predicted octanol–water partition coefficient (Wildman–Crippen LogP) is 2.16. The highest BCUT2D eigenvalue weighted by Gasteiger charge is 2.36. The van der Waals surface area contributed by atoms with Crippen LogP contribution in [0.2, 0.25) is 0 Å². The van der Waals surface area contributed by atoms with Crippen LogP contribution in [0, 0.1) is 5.92 Å². The molecule has 3 rings (SSSR count). The van der Waals surface area contributed by atoms with Gasteiger partial charge in [-0.1, -0.05) is 12.8 Å². The zero-order valence-corrected chi connectivity index (χ0v) is 11.7. The number of anilines is 1. The van der Waals surface area contributed by atoms with Crippen molar-refractivity contribution in [1.82, 2.24) is 9.88 Å². The van der Waals surface area contributed by atoms with Crippen LogP contribution < -0.4 is 11.3 Å². The van der Waals surface area contributed by atoms with E-state index in [-0.39, 0.29) is 5.91 Å². The molecule has 1 aromatic rings. The number of piperidine rings is 1. The fraction of sp³-hybridized carbons (Fsp3) is 0.600. The minimum Gasteiger partial charge on any atom is -0.335 e. The summed E-state index contributed by atoms with van der Waals surface area (Å²) in [5.41, 5.74) is 3.84. The van der Waals surface area contributed by atoms with E-state index < -0.39 is 0 Å². The van der Waals surface area contributed by atoms with Gasteiger partial charge in [-0.3, -0.25) is 15.6 Å². The maximum Gasteiger partial charge on any atom is 0.257 e. The number of nitrogens with one attached hydrogen (secondary N) is 1. The van der Waals surface area contributed by atoms with Crippen molar-refractivity contribution in [2.45, 2.75) is 44.6 Å². The van der Waals surface area contributed by atoms with E-state index in [1.165, 1.54) is 25.7 Å². The Balaban J connectivity index is 1.85. The number of pyridine rings is 1. The van der Waals surface area contributed by atoms with Crippen molar-refractivity contribution < 1.29 is 4.79 Å². The van der Waals surface area contributed by atoms with Gasteiger partial charge in [-0.25, -0.2) is 0 Å². The summed E-state index contributed by atoms with van der Waals surface area (Å²) in [5.74, 6) is 6.26. The molecule has 1 aromatic heterocycles. The largest absolute Gasteiger partial charge is 0.335 e. The molecule has 20 heavy (non-hydrogen) atoms. The minimum atomic E-state index is 0.0719. The monoisotopic (exact) mass is 274 g/mol. The molecule has 2 aliphatic rings. The van der Waals surface area contributed by atoms with Gasteiger partial charge >= 0.3 is 0 Å². The number of carbonyl (C=O) groups is 1. The topological polar surface area (TPSA) is 71.2 Å². The highest BCUT2D eigenvalue weighted by atomic mass is 16.2. The Morgan fingerprint density at radius 2 is 2.10 bits per heavy atom. The number of hydrogen-bond acceptors (Lipinski definition) is 4. The summed E-state index contributed by atoms with van der Waals surface area (Å²) >= 11 is 0. The molecule has 2 unspecified atom stereocenters. The molecule has 2 fully saturated rings. The van der Waals surface area contributed by atoms with E-state index in [4.69, 9.17) is 5.84 Å². The number of nitrogens with zero attached hydrogens (tertiary/aromatic N) is 2. The van der Waals surface area contributed by atoms with Crippen molar-refractivity contribution in [2.75, 3.05) is 12.0 Å². The van der Waals surface area contributed by atoms with E-state index >= 15 is 0 Å². The third-order valence-corrected chi connectivity index (χ3v) is 4.71. The van der Waals surface area contributed by atoms with Crippen molar-refractivity contribution in [3.05, 3.63) is 24.0 Å². The first-order valence-electron chi connectivity index (χ1n) is 7.53. The second-order valence-electron chi connectivity index (χ2n) is 5.82. The molecule has 1 saturated carbocycles. The number of hydrogen-bond donors (Lipinski definition) is 2. The number of fused-ring (bicyclic) bond motifs is 1. The van der Waals surface area contributed by atoms with Gasteiger partial charge in [0.1, 0.15) is 0 Å². The molecule has 1 amide bonds. The number of nitrogen functional groups attached to an aromatic ring is 1. The van der Waals surface area contributed by atoms with E-state index in [1.807, 2.05) is 0 Å². The summed E-state index contributed by atoms with van der Waals surface area (Å²) < 4.78 is 0. The Bertz CT molecular complexity index is 489. The normalized spacial score (nSPS) is 25.9. The summed E-state index contributed by atoms with van der Waals surface area (Å²) in [4.78, 5) is 19.0. The summed E-state index contributed by atoms with van der Waals surface area (Å²) in [7, 11) is 0. The quantitative estimate of drug-likeness (QED) is 0.640. The average Bonchev–Trinajstić information content (AvgIpc) is 2.53. The Morgan fingerprint density at radius 3 is 2.95 bits per heavy atom. The lowest BCUT2D eigenvalue weighted by atomic mass is 9.78. The number of rotatable bonds is 2. The standard InChI is InChI=1S/C15H22N4O/c16-18-13-7-8-17-10-12(13)15(20)19-9-3-5-11-4-1-2-6-14(11)19/h7-8,10-11,14H,1-6,9,16H2,(H,17,18). The van der Waals surface area contributed by atoms with Crippen molar-refractivity contribution in [3.8, 4) is 0 Å². The van der Waals surface area contributed by atoms with Gasteiger partial charge in [0.2, 0.25) is 0 Å². The van der Waals surface area contributed by atoms with Crippen molar-refractivity contribution in [1.29, 1.82) is 0 Å². The van der Waals surface area contributed by atoms with Crippen LogP contribution in [0.15, 0.2) is 18.5 Å². The van der Waals surface area contributed by atoms with Gasteiger partial charge in [-0.05, 0) is 37.7 Å². The van der Waals surface area contributed by atoms with Crippen molar-refractivity contribution in [3.63, 3.8) is 0 Å². The van der Waals surface area contributed by atoms with Gasteiger partial charge in [0.25, 0.3) is 5.91 Å². The first-order valence-corrected chi connectivity index (χ1v) is 7.53. The molecule has 0 aromatic carbocycles. The van der Waals surface area contributed by atoms with E-state index in [1.54, 1.807) is 18.5 Å². The van der Waals surface area contributed by atoms with Crippen LogP contribution >= 0.6 is 0 Å². The van der Waals surface area contributed by atoms with Crippen LogP contribution in [0.1, 0.15) is 48.9 Å². The average molecular weight is 274 g/mol. The zero-order chi connectivity index (χ0) is 13.9. The molecule has 1 aliphatic carbocycles. The fourth-order valence-electron chi connectivity index (χ4n) is 3.72.